The van der Waals surface area contributed by atoms with Gasteiger partial charge in [0.25, 0.3) is 11.6 Å². The third-order valence-corrected chi connectivity index (χ3v) is 7.34. The highest BCUT2D eigenvalue weighted by atomic mass is 32.2. The first kappa shape index (κ1) is 26.2. The molecule has 3 aromatic rings. The fourth-order valence-electron chi connectivity index (χ4n) is 4.04. The highest BCUT2D eigenvalue weighted by Gasteiger charge is 2.42. The van der Waals surface area contributed by atoms with Crippen LogP contribution in [0.1, 0.15) is 21.2 Å². The van der Waals surface area contributed by atoms with Crippen LogP contribution >= 0.6 is 11.8 Å². The van der Waals surface area contributed by atoms with Crippen LogP contribution in [0.15, 0.2) is 77.7 Å². The molecule has 0 aromatic heterocycles. The van der Waals surface area contributed by atoms with Crippen molar-refractivity contribution in [1.82, 2.24) is 4.90 Å². The topological polar surface area (TPSA) is 102 Å². The first-order valence-corrected chi connectivity index (χ1v) is 12.5. The number of esters is 1. The second-order valence-corrected chi connectivity index (χ2v) is 9.86. The van der Waals surface area contributed by atoms with E-state index in [1.165, 1.54) is 36.0 Å². The van der Waals surface area contributed by atoms with Gasteiger partial charge in [-0.25, -0.2) is 4.79 Å². The van der Waals surface area contributed by atoms with E-state index < -0.39 is 28.2 Å². The molecule has 1 heterocycles. The average molecular weight is 522 g/mol. The van der Waals surface area contributed by atoms with Crippen molar-refractivity contribution < 1.29 is 24.0 Å². The predicted molar refractivity (Wildman–Crippen MR) is 141 cm³/mol. The van der Waals surface area contributed by atoms with Crippen molar-refractivity contribution in [3.63, 3.8) is 0 Å². The van der Waals surface area contributed by atoms with Crippen molar-refractivity contribution in [2.45, 2.75) is 16.2 Å². The summed E-state index contributed by atoms with van der Waals surface area (Å²) >= 11 is 1.41. The Bertz CT molecular complexity index is 1300. The van der Waals surface area contributed by atoms with E-state index >= 15 is 0 Å². The molecular formula is C27H27N3O6S. The molecule has 0 spiro atoms. The summed E-state index contributed by atoms with van der Waals surface area (Å²) < 4.78 is 11.1. The highest BCUT2D eigenvalue weighted by molar-refractivity contribution is 7.99. The van der Waals surface area contributed by atoms with E-state index in [4.69, 9.17) is 9.47 Å². The summed E-state index contributed by atoms with van der Waals surface area (Å²) in [4.78, 5) is 42.7. The van der Waals surface area contributed by atoms with Gasteiger partial charge in [0.1, 0.15) is 11.3 Å². The van der Waals surface area contributed by atoms with Crippen molar-refractivity contribution in [3.05, 3.63) is 94.0 Å². The maximum Gasteiger partial charge on any atom is 0.346 e. The van der Waals surface area contributed by atoms with Gasteiger partial charge in [0.2, 0.25) is 0 Å². The molecule has 1 amide bonds. The number of fused-ring (bicyclic) bond motifs is 1. The Hall–Kier alpha value is -3.89. The van der Waals surface area contributed by atoms with Gasteiger partial charge in [-0.1, -0.05) is 36.4 Å². The number of amides is 1. The number of likely N-dealkylation sites (N-methyl/N-ethyl adjacent to an activating group) is 1. The van der Waals surface area contributed by atoms with Crippen LogP contribution < -0.4 is 9.64 Å². The van der Waals surface area contributed by atoms with Gasteiger partial charge in [-0.15, -0.1) is 11.8 Å². The maximum atomic E-state index is 14.1. The van der Waals surface area contributed by atoms with Gasteiger partial charge >= 0.3 is 5.97 Å². The molecule has 3 aromatic carbocycles. The number of thioether (sulfide) groups is 1. The lowest BCUT2D eigenvalue weighted by Crippen LogP contribution is -2.45. The molecule has 1 aliphatic heterocycles. The highest BCUT2D eigenvalue weighted by Crippen LogP contribution is 2.47. The minimum absolute atomic E-state index is 0.208. The summed E-state index contributed by atoms with van der Waals surface area (Å²) in [5, 5.41) is 10.9. The lowest BCUT2D eigenvalue weighted by Gasteiger charge is -2.28. The number of para-hydroxylation sites is 2. The molecular weight excluding hydrogens is 494 g/mol. The Morgan fingerprint density at radius 3 is 2.41 bits per heavy atom. The Balaban J connectivity index is 1.79. The maximum absolute atomic E-state index is 14.1. The SMILES string of the molecule is COc1ccc([C@@H]2Sc3ccccc3N(CCN(C)C)C(=O)[C@@H]2OC(=O)c2ccccc2[N+](=O)[O-])cc1. The van der Waals surface area contributed by atoms with Crippen LogP contribution in [0.4, 0.5) is 11.4 Å². The van der Waals surface area contributed by atoms with E-state index in [0.29, 0.717) is 18.8 Å². The van der Waals surface area contributed by atoms with Crippen LogP contribution in [0.2, 0.25) is 0 Å². The van der Waals surface area contributed by atoms with Gasteiger partial charge in [0.15, 0.2) is 6.10 Å². The van der Waals surface area contributed by atoms with E-state index in [0.717, 1.165) is 16.1 Å². The van der Waals surface area contributed by atoms with Crippen molar-refractivity contribution in [2.75, 3.05) is 39.2 Å². The number of nitro benzene ring substituents is 1. The van der Waals surface area contributed by atoms with Crippen LogP contribution in [-0.2, 0) is 9.53 Å². The quantitative estimate of drug-likeness (QED) is 0.241. The zero-order chi connectivity index (χ0) is 26.5. The number of nitrogens with zero attached hydrogens (tertiary/aromatic N) is 3. The van der Waals surface area contributed by atoms with Crippen molar-refractivity contribution in [1.29, 1.82) is 0 Å². The fourth-order valence-corrected chi connectivity index (χ4v) is 5.36. The molecule has 0 saturated heterocycles. The van der Waals surface area contributed by atoms with Crippen LogP contribution in [0, 0.1) is 10.1 Å². The van der Waals surface area contributed by atoms with E-state index in [2.05, 4.69) is 0 Å². The van der Waals surface area contributed by atoms with Crippen LogP contribution in [0.25, 0.3) is 0 Å². The van der Waals surface area contributed by atoms with Crippen LogP contribution in [0.3, 0.4) is 0 Å². The number of carbonyl (C=O) groups is 2. The molecule has 2 atom stereocenters. The number of carbonyl (C=O) groups excluding carboxylic acids is 2. The Kier molecular flexibility index (Phi) is 8.10. The molecule has 0 radical (unpaired) electrons. The number of nitro groups is 1. The van der Waals surface area contributed by atoms with Crippen molar-refractivity contribution >= 4 is 35.0 Å². The number of ether oxygens (including phenoxy) is 2. The number of hydrogen-bond donors (Lipinski definition) is 0. The van der Waals surface area contributed by atoms with Crippen molar-refractivity contribution in [2.24, 2.45) is 0 Å². The fraction of sp³-hybridized carbons (Fsp3) is 0.259. The van der Waals surface area contributed by atoms with Crippen LogP contribution in [0.5, 0.6) is 5.75 Å². The van der Waals surface area contributed by atoms with E-state index in [1.54, 1.807) is 24.1 Å². The second kappa shape index (κ2) is 11.4. The largest absolute Gasteiger partial charge is 0.497 e. The Morgan fingerprint density at radius 1 is 1.05 bits per heavy atom. The molecule has 192 valence electrons. The van der Waals surface area contributed by atoms with Gasteiger partial charge in [-0.2, -0.15) is 0 Å². The minimum Gasteiger partial charge on any atom is -0.497 e. The molecule has 0 saturated carbocycles. The van der Waals surface area contributed by atoms with Gasteiger partial charge in [0, 0.05) is 24.1 Å². The summed E-state index contributed by atoms with van der Waals surface area (Å²) in [6.07, 6.45) is -1.24. The monoisotopic (exact) mass is 521 g/mol. The summed E-state index contributed by atoms with van der Waals surface area (Å²) in [6, 6.07) is 20.3. The molecule has 0 unspecified atom stereocenters. The molecule has 0 bridgehead atoms. The van der Waals surface area contributed by atoms with E-state index in [9.17, 15) is 19.7 Å². The smallest absolute Gasteiger partial charge is 0.346 e. The van der Waals surface area contributed by atoms with Gasteiger partial charge < -0.3 is 19.3 Å². The van der Waals surface area contributed by atoms with Gasteiger partial charge in [-0.3, -0.25) is 14.9 Å². The summed E-state index contributed by atoms with van der Waals surface area (Å²) in [5.74, 6) is -0.675. The molecule has 9 nitrogen and oxygen atoms in total. The lowest BCUT2D eigenvalue weighted by molar-refractivity contribution is -0.385. The van der Waals surface area contributed by atoms with Gasteiger partial charge in [0.05, 0.1) is 23.0 Å². The molecule has 4 rings (SSSR count). The van der Waals surface area contributed by atoms with Crippen LogP contribution in [-0.4, -0.2) is 62.1 Å². The first-order valence-electron chi connectivity index (χ1n) is 11.6. The van der Waals surface area contributed by atoms with Gasteiger partial charge in [-0.05, 0) is 50.0 Å². The molecule has 0 aliphatic carbocycles. The standard InChI is InChI=1S/C27H27N3O6S/c1-28(2)16-17-29-22-10-6-7-11-23(22)37-25(18-12-14-19(35-3)15-13-18)24(26(29)31)36-27(32)20-8-4-5-9-21(20)30(33)34/h4-15,24-25H,16-17H2,1-3H3/t24-,25+/m1/s1. The average Bonchev–Trinajstić information content (AvgIpc) is 3.01. The number of anilines is 1. The number of hydrogen-bond acceptors (Lipinski definition) is 8. The molecule has 0 fully saturated rings. The summed E-state index contributed by atoms with van der Waals surface area (Å²) in [7, 11) is 5.39. The Morgan fingerprint density at radius 2 is 1.73 bits per heavy atom. The number of rotatable bonds is 8. The van der Waals surface area contributed by atoms with Crippen molar-refractivity contribution in [3.8, 4) is 5.75 Å². The Labute approximate surface area is 219 Å². The second-order valence-electron chi connectivity index (χ2n) is 8.67. The molecule has 10 heteroatoms. The number of benzene rings is 3. The van der Waals surface area contributed by atoms with E-state index in [1.807, 2.05) is 55.4 Å². The zero-order valence-electron chi connectivity index (χ0n) is 20.7. The lowest BCUT2D eigenvalue weighted by atomic mass is 10.0. The number of methoxy groups -OCH3 is 1. The molecule has 37 heavy (non-hydrogen) atoms. The minimum atomic E-state index is -1.24. The zero-order valence-corrected chi connectivity index (χ0v) is 21.5. The summed E-state index contributed by atoms with van der Waals surface area (Å²) in [5.41, 5.74) is 0.890. The normalized spacial score (nSPS) is 17.2. The predicted octanol–water partition coefficient (Wildman–Crippen LogP) is 4.57. The third kappa shape index (κ3) is 5.76. The molecule has 1 aliphatic rings. The molecule has 0 N–H and O–H groups in total. The summed E-state index contributed by atoms with van der Waals surface area (Å²) in [6.45, 7) is 0.959. The van der Waals surface area contributed by atoms with E-state index in [-0.39, 0.29) is 11.3 Å². The third-order valence-electron chi connectivity index (χ3n) is 5.96. The first-order chi connectivity index (χ1) is 17.8.